The molecule has 1 aromatic rings. The van der Waals surface area contributed by atoms with Crippen LogP contribution >= 0.6 is 7.82 Å². The third kappa shape index (κ3) is 24.1. The molecule has 2 rings (SSSR count). The molecule has 358 valence electrons. The van der Waals surface area contributed by atoms with Crippen molar-refractivity contribution in [3.8, 4) is 0 Å². The quantitative estimate of drug-likeness (QED) is 0.0167. The summed E-state index contributed by atoms with van der Waals surface area (Å²) in [6, 6.07) is 0. The minimum atomic E-state index is -4.46. The number of phosphoric acid groups is 1. The van der Waals surface area contributed by atoms with E-state index in [2.05, 4.69) is 27.7 Å². The van der Waals surface area contributed by atoms with E-state index in [1.807, 2.05) is 39.4 Å². The first-order chi connectivity index (χ1) is 29.5. The van der Waals surface area contributed by atoms with Crippen LogP contribution in [-0.4, -0.2) is 109 Å². The zero-order valence-electron chi connectivity index (χ0n) is 39.4. The highest BCUT2D eigenvalue weighted by molar-refractivity contribution is 7.47. The van der Waals surface area contributed by atoms with Crippen molar-refractivity contribution >= 4 is 19.8 Å². The van der Waals surface area contributed by atoms with Gasteiger partial charge in [0.15, 0.2) is 6.10 Å². The van der Waals surface area contributed by atoms with Gasteiger partial charge < -0.3 is 38.6 Å². The molecular formula is C48H85NO12P+. The number of carbonyl (C=O) groups is 2. The molecule has 7 atom stereocenters. The van der Waals surface area contributed by atoms with E-state index in [-0.39, 0.29) is 44.3 Å². The van der Waals surface area contributed by atoms with Gasteiger partial charge in [0.05, 0.1) is 46.1 Å². The Morgan fingerprint density at radius 1 is 0.806 bits per heavy atom. The molecule has 1 aliphatic rings. The van der Waals surface area contributed by atoms with Gasteiger partial charge in [0.25, 0.3) is 0 Å². The summed E-state index contributed by atoms with van der Waals surface area (Å²) in [6.45, 7) is 8.24. The van der Waals surface area contributed by atoms with Gasteiger partial charge in [-0.25, -0.2) is 4.57 Å². The fourth-order valence-electron chi connectivity index (χ4n) is 7.70. The number of hydrogen-bond acceptors (Lipinski definition) is 11. The van der Waals surface area contributed by atoms with Crippen molar-refractivity contribution in [1.82, 2.24) is 0 Å². The second kappa shape index (κ2) is 30.7. The maximum Gasteiger partial charge on any atom is 0.472 e. The number of nitrogens with zero attached hydrogens (tertiary/aromatic N) is 1. The Labute approximate surface area is 373 Å². The Hall–Kier alpha value is -2.35. The van der Waals surface area contributed by atoms with Gasteiger partial charge in [0.2, 0.25) is 0 Å². The van der Waals surface area contributed by atoms with E-state index in [0.29, 0.717) is 43.1 Å². The Bertz CT molecular complexity index is 1500. The normalized spacial score (nSPS) is 20.2. The number of aryl methyl sites for hydroxylation is 2. The highest BCUT2D eigenvalue weighted by atomic mass is 31.2. The molecule has 14 heteroatoms. The molecule has 0 radical (unpaired) electrons. The molecule has 1 saturated carbocycles. The number of phosphoric ester groups is 1. The molecule has 13 nitrogen and oxygen atoms in total. The summed E-state index contributed by atoms with van der Waals surface area (Å²) in [5, 5.41) is 31.4. The minimum Gasteiger partial charge on any atom is -0.466 e. The molecule has 62 heavy (non-hydrogen) atoms. The highest BCUT2D eigenvalue weighted by Crippen LogP contribution is 2.43. The van der Waals surface area contributed by atoms with Gasteiger partial charge in [-0.2, -0.15) is 0 Å². The Morgan fingerprint density at radius 2 is 1.45 bits per heavy atom. The van der Waals surface area contributed by atoms with Gasteiger partial charge >= 0.3 is 19.8 Å². The summed E-state index contributed by atoms with van der Waals surface area (Å²) in [4.78, 5) is 35.7. The number of furan rings is 1. The van der Waals surface area contributed by atoms with Gasteiger partial charge in [-0.15, -0.1) is 0 Å². The number of aliphatic hydroxyl groups excluding tert-OH is 3. The first-order valence-corrected chi connectivity index (χ1v) is 25.2. The molecule has 1 aromatic heterocycles. The fraction of sp³-hybridized carbons (Fsp3) is 0.792. The van der Waals surface area contributed by atoms with E-state index in [1.165, 1.54) is 24.0 Å². The van der Waals surface area contributed by atoms with Crippen molar-refractivity contribution in [1.29, 1.82) is 0 Å². The average Bonchev–Trinajstić information content (AvgIpc) is 3.63. The summed E-state index contributed by atoms with van der Waals surface area (Å²) in [6.07, 6.45) is 21.7. The third-order valence-electron chi connectivity index (χ3n) is 11.7. The van der Waals surface area contributed by atoms with Crippen LogP contribution in [0.1, 0.15) is 158 Å². The second-order valence-corrected chi connectivity index (χ2v) is 19.8. The van der Waals surface area contributed by atoms with E-state index >= 15 is 0 Å². The zero-order chi connectivity index (χ0) is 46.0. The summed E-state index contributed by atoms with van der Waals surface area (Å²) in [5.41, 5.74) is 2.60. The van der Waals surface area contributed by atoms with Crippen LogP contribution in [0.25, 0.3) is 0 Å². The lowest BCUT2D eigenvalue weighted by atomic mass is 9.89. The topological polar surface area (TPSA) is 182 Å². The van der Waals surface area contributed by atoms with Crippen LogP contribution in [-0.2, 0) is 45.5 Å². The molecule has 0 aromatic carbocycles. The molecule has 0 aliphatic heterocycles. The molecule has 1 aliphatic carbocycles. The van der Waals surface area contributed by atoms with Crippen molar-refractivity contribution in [2.24, 2.45) is 11.8 Å². The van der Waals surface area contributed by atoms with E-state index in [9.17, 15) is 34.4 Å². The number of rotatable bonds is 35. The molecule has 4 N–H and O–H groups in total. The van der Waals surface area contributed by atoms with Gasteiger partial charge in [0.1, 0.15) is 31.3 Å². The maximum atomic E-state index is 12.8. The standard InChI is InChI=1S/C48H84NO12P/c1-8-10-19-25-39(50)30-31-42-41(43(51)34-44(42)52)26-20-17-18-23-29-48(54)60-40(36-59-62(55,56)58-33-32-49(5,6)7)35-57-47(53)28-22-16-14-12-11-13-15-21-27-46-38(4)37(3)45(61-46)24-9-2/h17,20,30-31,39-44,50-52H,8-16,18-19,21-29,32-36H2,1-7H3/p+1/b20-17+,31-30+/t39-,40+,41+,42+,43-,44+/m0/s1. The predicted octanol–water partition coefficient (Wildman–Crippen LogP) is 9.17. The van der Waals surface area contributed by atoms with Crippen LogP contribution in [0, 0.1) is 25.7 Å². The minimum absolute atomic E-state index is 0.0186. The molecule has 0 bridgehead atoms. The Balaban J connectivity index is 1.75. The van der Waals surface area contributed by atoms with Gasteiger partial charge in [-0.05, 0) is 75.8 Å². The van der Waals surface area contributed by atoms with E-state index in [0.717, 1.165) is 82.1 Å². The molecule has 1 unspecified atom stereocenters. The lowest BCUT2D eigenvalue weighted by Crippen LogP contribution is -2.37. The van der Waals surface area contributed by atoms with Crippen LogP contribution in [0.4, 0.5) is 0 Å². The highest BCUT2D eigenvalue weighted by Gasteiger charge is 2.39. The smallest absolute Gasteiger partial charge is 0.466 e. The zero-order valence-corrected chi connectivity index (χ0v) is 40.3. The first-order valence-electron chi connectivity index (χ1n) is 23.7. The van der Waals surface area contributed by atoms with E-state index in [1.54, 1.807) is 6.08 Å². The molecule has 0 saturated heterocycles. The fourth-order valence-corrected chi connectivity index (χ4v) is 8.44. The number of allylic oxidation sites excluding steroid dienone is 2. The van der Waals surface area contributed by atoms with Crippen molar-refractivity contribution in [2.45, 2.75) is 187 Å². The molecule has 0 amide bonds. The average molecular weight is 899 g/mol. The number of esters is 2. The summed E-state index contributed by atoms with van der Waals surface area (Å²) >= 11 is 0. The Kier molecular flexibility index (Phi) is 27.6. The molecule has 0 spiro atoms. The van der Waals surface area contributed by atoms with Crippen LogP contribution < -0.4 is 0 Å². The number of likely N-dealkylation sites (N-methyl/N-ethyl adjacent to an activating group) is 1. The number of quaternary nitrogens is 1. The summed E-state index contributed by atoms with van der Waals surface area (Å²) in [7, 11) is 1.31. The second-order valence-electron chi connectivity index (χ2n) is 18.3. The maximum absolute atomic E-state index is 12.8. The van der Waals surface area contributed by atoms with Crippen molar-refractivity contribution in [3.05, 3.63) is 47.0 Å². The van der Waals surface area contributed by atoms with Crippen LogP contribution in [0.3, 0.4) is 0 Å². The monoisotopic (exact) mass is 899 g/mol. The van der Waals surface area contributed by atoms with Crippen molar-refractivity contribution in [3.63, 3.8) is 0 Å². The molecule has 1 fully saturated rings. The van der Waals surface area contributed by atoms with Crippen LogP contribution in [0.2, 0.25) is 0 Å². The number of aliphatic hydroxyl groups is 3. The van der Waals surface area contributed by atoms with Crippen molar-refractivity contribution < 1.29 is 61.8 Å². The summed E-state index contributed by atoms with van der Waals surface area (Å²) < 4.78 is 40.5. The van der Waals surface area contributed by atoms with Gasteiger partial charge in [-0.1, -0.05) is 95.9 Å². The lowest BCUT2D eigenvalue weighted by molar-refractivity contribution is -0.870. The summed E-state index contributed by atoms with van der Waals surface area (Å²) in [5.74, 6) is 0.834. The van der Waals surface area contributed by atoms with E-state index < -0.39 is 50.8 Å². The molecular weight excluding hydrogens is 813 g/mol. The van der Waals surface area contributed by atoms with Crippen LogP contribution in [0.15, 0.2) is 28.7 Å². The van der Waals surface area contributed by atoms with Gasteiger partial charge in [-0.3, -0.25) is 18.6 Å². The van der Waals surface area contributed by atoms with Crippen LogP contribution in [0.5, 0.6) is 0 Å². The third-order valence-corrected chi connectivity index (χ3v) is 12.7. The number of carbonyl (C=O) groups excluding carboxylic acids is 2. The largest absolute Gasteiger partial charge is 0.472 e. The lowest BCUT2D eigenvalue weighted by Gasteiger charge is -2.24. The van der Waals surface area contributed by atoms with Gasteiger partial charge in [0, 0.05) is 38.0 Å². The predicted molar refractivity (Wildman–Crippen MR) is 243 cm³/mol. The van der Waals surface area contributed by atoms with E-state index in [4.69, 9.17) is 22.9 Å². The first kappa shape index (κ1) is 55.8. The Morgan fingerprint density at radius 3 is 2.11 bits per heavy atom. The molecule has 1 heterocycles. The number of hydrogen-bond donors (Lipinski definition) is 4. The van der Waals surface area contributed by atoms with Crippen molar-refractivity contribution in [2.75, 3.05) is 47.5 Å². The number of unbranched alkanes of at least 4 members (excludes halogenated alkanes) is 10. The number of ether oxygens (including phenoxy) is 2. The SMILES string of the molecule is CCCCC[C@H](O)/C=C/[C@@H]1[C@@H](C/C=C/CCCC(=O)O[C@H](COC(=O)CCCCCCCCCCc2oc(CCC)c(C)c2C)COP(=O)(O)OCC[N+](C)(C)C)[C@@H](O)C[C@H]1O.